The predicted octanol–water partition coefficient (Wildman–Crippen LogP) is 4.13. The number of amides is 1. The normalized spacial score (nSPS) is 12.4. The Morgan fingerprint density at radius 1 is 1.12 bits per heavy atom. The quantitative estimate of drug-likeness (QED) is 0.490. The molecule has 1 N–H and O–H groups in total. The standard InChI is InChI=1S/C24H21ClN4O4/c1-13-9-22(31)28(11-21(30)26-16-7-8-19-20(10-16)33-12-32-19)24-23(13)15(3)27-29(24)18-6-4-5-17(25)14(18)2/h4-10H,11-12H2,1-3H3,(H,26,30). The van der Waals surface area contributed by atoms with E-state index in [1.807, 2.05) is 32.9 Å². The summed E-state index contributed by atoms with van der Waals surface area (Å²) in [7, 11) is 0. The number of halogens is 1. The zero-order valence-electron chi connectivity index (χ0n) is 18.3. The summed E-state index contributed by atoms with van der Waals surface area (Å²) in [6.07, 6.45) is 0. The maximum absolute atomic E-state index is 13.0. The van der Waals surface area contributed by atoms with Gasteiger partial charge in [0.1, 0.15) is 12.2 Å². The SMILES string of the molecule is Cc1c(Cl)cccc1-n1nc(C)c2c(C)cc(=O)n(CC(=O)Nc3ccc4c(c3)OCO4)c21. The summed E-state index contributed by atoms with van der Waals surface area (Å²) in [6.45, 7) is 5.60. The molecule has 0 aliphatic carbocycles. The Bertz CT molecular complexity index is 1490. The third kappa shape index (κ3) is 3.62. The van der Waals surface area contributed by atoms with E-state index in [0.29, 0.717) is 27.9 Å². The van der Waals surface area contributed by atoms with Crippen LogP contribution in [0.1, 0.15) is 16.8 Å². The van der Waals surface area contributed by atoms with Gasteiger partial charge >= 0.3 is 0 Å². The van der Waals surface area contributed by atoms with E-state index in [-0.39, 0.29) is 24.8 Å². The van der Waals surface area contributed by atoms with Gasteiger partial charge in [0.15, 0.2) is 11.5 Å². The van der Waals surface area contributed by atoms with Crippen molar-refractivity contribution < 1.29 is 14.3 Å². The molecule has 0 saturated heterocycles. The van der Waals surface area contributed by atoms with Crippen LogP contribution in [0.4, 0.5) is 5.69 Å². The van der Waals surface area contributed by atoms with E-state index in [1.165, 1.54) is 10.6 Å². The molecule has 0 radical (unpaired) electrons. The molecular weight excluding hydrogens is 444 g/mol. The van der Waals surface area contributed by atoms with Gasteiger partial charge in [-0.15, -0.1) is 0 Å². The molecule has 1 aliphatic heterocycles. The van der Waals surface area contributed by atoms with Crippen LogP contribution < -0.4 is 20.3 Å². The molecule has 2 aromatic heterocycles. The molecule has 3 heterocycles. The van der Waals surface area contributed by atoms with Crippen LogP contribution in [0.3, 0.4) is 0 Å². The summed E-state index contributed by atoms with van der Waals surface area (Å²) in [5.74, 6) is 0.836. The van der Waals surface area contributed by atoms with E-state index >= 15 is 0 Å². The molecule has 0 spiro atoms. The average molecular weight is 465 g/mol. The smallest absolute Gasteiger partial charge is 0.252 e. The number of carbonyl (C=O) groups is 1. The van der Waals surface area contributed by atoms with Gasteiger partial charge in [-0.05, 0) is 56.2 Å². The van der Waals surface area contributed by atoms with Crippen molar-refractivity contribution in [3.8, 4) is 17.2 Å². The van der Waals surface area contributed by atoms with E-state index in [1.54, 1.807) is 28.9 Å². The molecule has 4 aromatic rings. The van der Waals surface area contributed by atoms with Gasteiger partial charge in [0.2, 0.25) is 12.7 Å². The van der Waals surface area contributed by atoms with E-state index in [2.05, 4.69) is 5.32 Å². The van der Waals surface area contributed by atoms with Gasteiger partial charge in [0.05, 0.1) is 11.4 Å². The number of carbonyl (C=O) groups excluding carboxylic acids is 1. The van der Waals surface area contributed by atoms with E-state index < -0.39 is 0 Å². The lowest BCUT2D eigenvalue weighted by molar-refractivity contribution is -0.116. The summed E-state index contributed by atoms with van der Waals surface area (Å²) in [5.41, 5.74) is 3.93. The number of hydrogen-bond donors (Lipinski definition) is 1. The van der Waals surface area contributed by atoms with Gasteiger partial charge in [-0.25, -0.2) is 4.68 Å². The van der Waals surface area contributed by atoms with Crippen molar-refractivity contribution in [2.24, 2.45) is 0 Å². The zero-order valence-corrected chi connectivity index (χ0v) is 19.1. The summed E-state index contributed by atoms with van der Waals surface area (Å²) in [6, 6.07) is 12.2. The number of rotatable bonds is 4. The first-order valence-corrected chi connectivity index (χ1v) is 10.8. The number of hydrogen-bond acceptors (Lipinski definition) is 5. The highest BCUT2D eigenvalue weighted by molar-refractivity contribution is 6.31. The lowest BCUT2D eigenvalue weighted by Gasteiger charge is -2.14. The number of nitrogens with zero attached hydrogens (tertiary/aromatic N) is 3. The molecule has 168 valence electrons. The van der Waals surface area contributed by atoms with Gasteiger partial charge in [-0.3, -0.25) is 14.2 Å². The lowest BCUT2D eigenvalue weighted by atomic mass is 10.1. The molecule has 1 aliphatic rings. The molecule has 1 amide bonds. The fourth-order valence-corrected chi connectivity index (χ4v) is 4.30. The minimum absolute atomic E-state index is 0.149. The maximum atomic E-state index is 13.0. The summed E-state index contributed by atoms with van der Waals surface area (Å²) in [4.78, 5) is 26.0. The number of ether oxygens (including phenoxy) is 2. The fraction of sp³-hybridized carbons (Fsp3) is 0.208. The Kier molecular flexibility index (Phi) is 5.09. The minimum Gasteiger partial charge on any atom is -0.454 e. The number of nitrogens with one attached hydrogen (secondary N) is 1. The van der Waals surface area contributed by atoms with Crippen LogP contribution in [0.25, 0.3) is 16.7 Å². The second-order valence-corrected chi connectivity index (χ2v) is 8.35. The molecule has 0 atom stereocenters. The van der Waals surface area contributed by atoms with Crippen LogP contribution in [0.2, 0.25) is 5.02 Å². The number of aryl methyl sites for hydroxylation is 2. The van der Waals surface area contributed by atoms with E-state index in [0.717, 1.165) is 27.9 Å². The minimum atomic E-state index is -0.352. The summed E-state index contributed by atoms with van der Waals surface area (Å²) in [5, 5.41) is 8.94. The average Bonchev–Trinajstić information content (AvgIpc) is 3.37. The summed E-state index contributed by atoms with van der Waals surface area (Å²) < 4.78 is 13.8. The number of aromatic nitrogens is 3. The molecule has 0 bridgehead atoms. The second-order valence-electron chi connectivity index (χ2n) is 7.95. The molecule has 9 heteroatoms. The third-order valence-corrected chi connectivity index (χ3v) is 6.13. The van der Waals surface area contributed by atoms with Crippen molar-refractivity contribution in [3.63, 3.8) is 0 Å². The van der Waals surface area contributed by atoms with Crippen LogP contribution in [0, 0.1) is 20.8 Å². The first-order valence-electron chi connectivity index (χ1n) is 10.4. The van der Waals surface area contributed by atoms with Crippen molar-refractivity contribution in [2.75, 3.05) is 12.1 Å². The molecule has 0 fully saturated rings. The Hall–Kier alpha value is -3.78. The van der Waals surface area contributed by atoms with E-state index in [4.69, 9.17) is 26.2 Å². The van der Waals surface area contributed by atoms with Crippen LogP contribution in [-0.2, 0) is 11.3 Å². The van der Waals surface area contributed by atoms with Crippen LogP contribution in [0.5, 0.6) is 11.5 Å². The third-order valence-electron chi connectivity index (χ3n) is 5.72. The number of fused-ring (bicyclic) bond motifs is 2. The Labute approximate surface area is 194 Å². The highest BCUT2D eigenvalue weighted by Crippen LogP contribution is 2.34. The molecule has 8 nitrogen and oxygen atoms in total. The van der Waals surface area contributed by atoms with Crippen molar-refractivity contribution in [1.29, 1.82) is 0 Å². The van der Waals surface area contributed by atoms with E-state index in [9.17, 15) is 9.59 Å². The topological polar surface area (TPSA) is 87.4 Å². The van der Waals surface area contributed by atoms with Gasteiger partial charge in [0.25, 0.3) is 5.56 Å². The fourth-order valence-electron chi connectivity index (χ4n) is 4.13. The zero-order chi connectivity index (χ0) is 23.3. The monoisotopic (exact) mass is 464 g/mol. The number of pyridine rings is 1. The first-order chi connectivity index (χ1) is 15.8. The van der Waals surface area contributed by atoms with Crippen molar-refractivity contribution in [1.82, 2.24) is 14.3 Å². The Morgan fingerprint density at radius 3 is 2.73 bits per heavy atom. The van der Waals surface area contributed by atoms with Crippen LogP contribution >= 0.6 is 11.6 Å². The Morgan fingerprint density at radius 2 is 1.91 bits per heavy atom. The second kappa shape index (κ2) is 7.97. The Balaban J connectivity index is 1.58. The molecule has 33 heavy (non-hydrogen) atoms. The summed E-state index contributed by atoms with van der Waals surface area (Å²) >= 11 is 6.35. The molecular formula is C24H21ClN4O4. The predicted molar refractivity (Wildman–Crippen MR) is 126 cm³/mol. The lowest BCUT2D eigenvalue weighted by Crippen LogP contribution is -2.29. The first kappa shape index (κ1) is 21.1. The van der Waals surface area contributed by atoms with Crippen molar-refractivity contribution >= 4 is 34.2 Å². The van der Waals surface area contributed by atoms with Crippen LogP contribution in [0.15, 0.2) is 47.3 Å². The van der Waals surface area contributed by atoms with Gasteiger partial charge in [0, 0.05) is 28.2 Å². The highest BCUT2D eigenvalue weighted by atomic mass is 35.5. The largest absolute Gasteiger partial charge is 0.454 e. The number of anilines is 1. The molecule has 5 rings (SSSR count). The van der Waals surface area contributed by atoms with Gasteiger partial charge in [-0.2, -0.15) is 5.10 Å². The van der Waals surface area contributed by atoms with Crippen molar-refractivity contribution in [2.45, 2.75) is 27.3 Å². The maximum Gasteiger partial charge on any atom is 0.252 e. The van der Waals surface area contributed by atoms with Gasteiger partial charge in [-0.1, -0.05) is 17.7 Å². The van der Waals surface area contributed by atoms with Crippen molar-refractivity contribution in [3.05, 3.63) is 74.7 Å². The highest BCUT2D eigenvalue weighted by Gasteiger charge is 2.20. The molecule has 0 saturated carbocycles. The number of benzene rings is 2. The molecule has 0 unspecified atom stereocenters. The van der Waals surface area contributed by atoms with Crippen LogP contribution in [-0.4, -0.2) is 27.0 Å². The molecule has 2 aromatic carbocycles. The van der Waals surface area contributed by atoms with Gasteiger partial charge < -0.3 is 14.8 Å².